The van der Waals surface area contributed by atoms with Crippen molar-refractivity contribution < 1.29 is 18.8 Å². The summed E-state index contributed by atoms with van der Waals surface area (Å²) in [7, 11) is 0. The first-order valence-electron chi connectivity index (χ1n) is 9.73. The van der Waals surface area contributed by atoms with Crippen molar-refractivity contribution in [3.05, 3.63) is 101 Å². The zero-order chi connectivity index (χ0) is 22.1. The third-order valence-corrected chi connectivity index (χ3v) is 4.41. The highest BCUT2D eigenvalue weighted by molar-refractivity contribution is 6.04. The van der Waals surface area contributed by atoms with Crippen LogP contribution in [0.3, 0.4) is 0 Å². The number of hydrogen-bond donors (Lipinski definition) is 3. The van der Waals surface area contributed by atoms with Crippen LogP contribution in [0.5, 0.6) is 0 Å². The second-order valence-corrected chi connectivity index (χ2v) is 6.88. The number of rotatable bonds is 8. The minimum absolute atomic E-state index is 0.123. The molecule has 3 aromatic rings. The summed E-state index contributed by atoms with van der Waals surface area (Å²) in [5, 5.41) is 8.01. The number of hydrogen-bond acceptors (Lipinski definition) is 3. The van der Waals surface area contributed by atoms with Gasteiger partial charge in [0.15, 0.2) is 0 Å². The van der Waals surface area contributed by atoms with Crippen molar-refractivity contribution in [1.82, 2.24) is 10.6 Å². The summed E-state index contributed by atoms with van der Waals surface area (Å²) in [6.45, 7) is 0.110. The van der Waals surface area contributed by atoms with Gasteiger partial charge in [-0.3, -0.25) is 14.4 Å². The van der Waals surface area contributed by atoms with E-state index in [2.05, 4.69) is 16.0 Å². The Bertz CT molecular complexity index is 1070. The molecule has 158 valence electrons. The average molecular weight is 419 g/mol. The van der Waals surface area contributed by atoms with E-state index in [0.717, 1.165) is 17.2 Å². The van der Waals surface area contributed by atoms with Gasteiger partial charge in [0.05, 0.1) is 13.0 Å². The van der Waals surface area contributed by atoms with E-state index in [1.807, 2.05) is 30.3 Å². The van der Waals surface area contributed by atoms with Gasteiger partial charge in [-0.2, -0.15) is 0 Å². The number of carbonyl (C=O) groups excluding carboxylic acids is 3. The highest BCUT2D eigenvalue weighted by atomic mass is 19.1. The Kier molecular flexibility index (Phi) is 7.48. The Hall–Kier alpha value is -4.00. The van der Waals surface area contributed by atoms with E-state index < -0.39 is 11.7 Å². The lowest BCUT2D eigenvalue weighted by molar-refractivity contribution is -0.125. The second-order valence-electron chi connectivity index (χ2n) is 6.88. The molecular weight excluding hydrogens is 397 g/mol. The number of anilines is 1. The summed E-state index contributed by atoms with van der Waals surface area (Å²) in [6.07, 6.45) is 0.210. The fraction of sp³-hybridized carbons (Fsp3) is 0.125. The van der Waals surface area contributed by atoms with Crippen LogP contribution in [0.4, 0.5) is 10.1 Å². The van der Waals surface area contributed by atoms with Crippen LogP contribution in [0.2, 0.25) is 0 Å². The minimum atomic E-state index is -0.486. The van der Waals surface area contributed by atoms with Crippen LogP contribution >= 0.6 is 0 Å². The lowest BCUT2D eigenvalue weighted by Crippen LogP contribution is -2.37. The number of amides is 3. The molecule has 0 aliphatic carbocycles. The van der Waals surface area contributed by atoms with Gasteiger partial charge in [-0.15, -0.1) is 0 Å². The Morgan fingerprint density at radius 1 is 0.742 bits per heavy atom. The Balaban J connectivity index is 1.45. The molecule has 0 radical (unpaired) electrons. The fourth-order valence-corrected chi connectivity index (χ4v) is 2.88. The Morgan fingerprint density at radius 3 is 2.26 bits per heavy atom. The van der Waals surface area contributed by atoms with Crippen molar-refractivity contribution in [2.45, 2.75) is 13.0 Å². The lowest BCUT2D eigenvalue weighted by Gasteiger charge is -2.10. The number of benzene rings is 3. The maximum absolute atomic E-state index is 13.3. The van der Waals surface area contributed by atoms with E-state index in [0.29, 0.717) is 5.69 Å². The van der Waals surface area contributed by atoms with E-state index in [4.69, 9.17) is 0 Å². The molecular formula is C24H22FN3O3. The predicted octanol–water partition coefficient (Wildman–Crippen LogP) is 3.05. The minimum Gasteiger partial charge on any atom is -0.350 e. The topological polar surface area (TPSA) is 87.3 Å². The van der Waals surface area contributed by atoms with Crippen molar-refractivity contribution in [2.24, 2.45) is 0 Å². The van der Waals surface area contributed by atoms with Crippen LogP contribution in [-0.4, -0.2) is 24.3 Å². The molecule has 3 amide bonds. The van der Waals surface area contributed by atoms with Crippen LogP contribution in [0.15, 0.2) is 78.9 Å². The summed E-state index contributed by atoms with van der Waals surface area (Å²) in [6, 6.07) is 21.6. The quantitative estimate of drug-likeness (QED) is 0.525. The molecule has 0 aliphatic heterocycles. The summed E-state index contributed by atoms with van der Waals surface area (Å²) in [4.78, 5) is 36.2. The number of carbonyl (C=O) groups is 3. The molecule has 0 unspecified atom stereocenters. The lowest BCUT2D eigenvalue weighted by atomic mass is 10.1. The molecule has 31 heavy (non-hydrogen) atoms. The summed E-state index contributed by atoms with van der Waals surface area (Å²) in [5.41, 5.74) is 2.38. The predicted molar refractivity (Wildman–Crippen MR) is 116 cm³/mol. The third kappa shape index (κ3) is 7.08. The van der Waals surface area contributed by atoms with Crippen LogP contribution in [0.1, 0.15) is 21.5 Å². The molecule has 0 spiro atoms. The van der Waals surface area contributed by atoms with Crippen molar-refractivity contribution in [3.8, 4) is 0 Å². The molecule has 7 heteroatoms. The number of halogens is 1. The van der Waals surface area contributed by atoms with Gasteiger partial charge in [0.25, 0.3) is 5.91 Å². The molecule has 3 N–H and O–H groups in total. The van der Waals surface area contributed by atoms with Crippen LogP contribution in [0, 0.1) is 5.82 Å². The maximum Gasteiger partial charge on any atom is 0.255 e. The molecule has 3 aromatic carbocycles. The molecule has 6 nitrogen and oxygen atoms in total. The molecule has 0 heterocycles. The highest BCUT2D eigenvalue weighted by Crippen LogP contribution is 2.13. The van der Waals surface area contributed by atoms with E-state index in [9.17, 15) is 18.8 Å². The van der Waals surface area contributed by atoms with Gasteiger partial charge >= 0.3 is 0 Å². The molecule has 0 aromatic heterocycles. The molecule has 0 saturated carbocycles. The summed E-state index contributed by atoms with van der Waals surface area (Å²) in [5.74, 6) is -1.47. The summed E-state index contributed by atoms with van der Waals surface area (Å²) < 4.78 is 13.3. The van der Waals surface area contributed by atoms with Gasteiger partial charge in [-0.1, -0.05) is 48.5 Å². The van der Waals surface area contributed by atoms with Crippen molar-refractivity contribution in [3.63, 3.8) is 0 Å². The van der Waals surface area contributed by atoms with Crippen molar-refractivity contribution in [2.75, 3.05) is 11.9 Å². The van der Waals surface area contributed by atoms with Crippen LogP contribution in [-0.2, 0) is 22.6 Å². The van der Waals surface area contributed by atoms with Crippen molar-refractivity contribution >= 4 is 23.4 Å². The van der Waals surface area contributed by atoms with Gasteiger partial charge in [-0.25, -0.2) is 4.39 Å². The van der Waals surface area contributed by atoms with Crippen LogP contribution in [0.25, 0.3) is 0 Å². The normalized spacial score (nSPS) is 10.2. The average Bonchev–Trinajstić information content (AvgIpc) is 2.77. The standard InChI is InChI=1S/C24H22FN3O3/c25-20-10-5-9-19(14-20)24(31)28-21-11-4-8-18(12-21)15-26-23(30)16-27-22(29)13-17-6-2-1-3-7-17/h1-12,14H,13,15-16H2,(H,26,30)(H,27,29)(H,28,31). The van der Waals surface area contributed by atoms with E-state index >= 15 is 0 Å². The molecule has 3 rings (SSSR count). The first-order valence-corrected chi connectivity index (χ1v) is 9.73. The second kappa shape index (κ2) is 10.7. The first kappa shape index (κ1) is 21.7. The van der Waals surface area contributed by atoms with Gasteiger partial charge in [0.2, 0.25) is 11.8 Å². The molecule has 0 atom stereocenters. The van der Waals surface area contributed by atoms with Gasteiger partial charge in [-0.05, 0) is 41.5 Å². The van der Waals surface area contributed by atoms with Crippen LogP contribution < -0.4 is 16.0 Å². The van der Waals surface area contributed by atoms with Gasteiger partial charge < -0.3 is 16.0 Å². The fourth-order valence-electron chi connectivity index (χ4n) is 2.88. The van der Waals surface area contributed by atoms with E-state index in [1.165, 1.54) is 18.2 Å². The first-order chi connectivity index (χ1) is 15.0. The Morgan fingerprint density at radius 2 is 1.48 bits per heavy atom. The highest BCUT2D eigenvalue weighted by Gasteiger charge is 2.09. The number of nitrogens with one attached hydrogen (secondary N) is 3. The molecule has 0 bridgehead atoms. The molecule has 0 aliphatic rings. The van der Waals surface area contributed by atoms with E-state index in [1.54, 1.807) is 24.3 Å². The van der Waals surface area contributed by atoms with Crippen molar-refractivity contribution in [1.29, 1.82) is 0 Å². The molecule has 0 saturated heterocycles. The largest absolute Gasteiger partial charge is 0.350 e. The smallest absolute Gasteiger partial charge is 0.255 e. The SMILES string of the molecule is O=C(CNC(=O)Cc1ccccc1)NCc1cccc(NC(=O)c2cccc(F)c2)c1. The zero-order valence-corrected chi connectivity index (χ0v) is 16.7. The third-order valence-electron chi connectivity index (χ3n) is 4.41. The maximum atomic E-state index is 13.3. The van der Waals surface area contributed by atoms with E-state index in [-0.39, 0.29) is 36.9 Å². The van der Waals surface area contributed by atoms with Gasteiger partial charge in [0, 0.05) is 17.8 Å². The van der Waals surface area contributed by atoms with Gasteiger partial charge in [0.1, 0.15) is 5.82 Å². The Labute approximate surface area is 179 Å². The molecule has 0 fully saturated rings. The monoisotopic (exact) mass is 419 g/mol. The zero-order valence-electron chi connectivity index (χ0n) is 16.7. The summed E-state index contributed by atoms with van der Waals surface area (Å²) >= 11 is 0.